The van der Waals surface area contributed by atoms with Gasteiger partial charge in [0.25, 0.3) is 11.8 Å². The molecule has 1 atom stereocenters. The lowest BCUT2D eigenvalue weighted by Crippen LogP contribution is -2.53. The zero-order valence-corrected chi connectivity index (χ0v) is 17.4. The van der Waals surface area contributed by atoms with Gasteiger partial charge in [0.1, 0.15) is 12.1 Å². The molecule has 0 saturated carbocycles. The van der Waals surface area contributed by atoms with Crippen LogP contribution in [0.5, 0.6) is 0 Å². The van der Waals surface area contributed by atoms with E-state index in [1.807, 2.05) is 6.07 Å². The summed E-state index contributed by atoms with van der Waals surface area (Å²) < 4.78 is 5.13. The molecule has 4 rings (SSSR count). The van der Waals surface area contributed by atoms with Crippen LogP contribution in [0.15, 0.2) is 47.1 Å². The number of hydrogen-bond acceptors (Lipinski definition) is 6. The molecule has 5 amide bonds. The zero-order valence-electron chi connectivity index (χ0n) is 17.4. The Balaban J connectivity index is 1.38. The highest BCUT2D eigenvalue weighted by Crippen LogP contribution is 2.29. The second-order valence-corrected chi connectivity index (χ2v) is 7.79. The van der Waals surface area contributed by atoms with E-state index in [0.717, 1.165) is 4.90 Å². The summed E-state index contributed by atoms with van der Waals surface area (Å²) in [6.07, 6.45) is 1.43. The number of urea groups is 1. The van der Waals surface area contributed by atoms with Crippen LogP contribution in [0.4, 0.5) is 4.79 Å². The van der Waals surface area contributed by atoms with Crippen LogP contribution < -0.4 is 5.32 Å². The Morgan fingerprint density at radius 3 is 2.34 bits per heavy atom. The predicted octanol–water partition coefficient (Wildman–Crippen LogP) is 0.903. The van der Waals surface area contributed by atoms with Crippen LogP contribution in [0.2, 0.25) is 0 Å². The van der Waals surface area contributed by atoms with Gasteiger partial charge in [-0.25, -0.2) is 4.79 Å². The Morgan fingerprint density at radius 1 is 1.09 bits per heavy atom. The van der Waals surface area contributed by atoms with Crippen molar-refractivity contribution in [3.05, 3.63) is 59.5 Å². The highest BCUT2D eigenvalue weighted by Gasteiger charge is 2.49. The minimum Gasteiger partial charge on any atom is -0.459 e. The number of carbonyl (C=O) groups is 4. The fourth-order valence-electron chi connectivity index (χ4n) is 3.86. The molecule has 10 nitrogen and oxygen atoms in total. The lowest BCUT2D eigenvalue weighted by atomic mass is 9.91. The smallest absolute Gasteiger partial charge is 0.325 e. The van der Waals surface area contributed by atoms with Crippen LogP contribution in [0, 0.1) is 11.3 Å². The third-order valence-electron chi connectivity index (χ3n) is 5.81. The van der Waals surface area contributed by atoms with Gasteiger partial charge in [0.05, 0.1) is 17.9 Å². The SMILES string of the molecule is CC1(c2ccc(C#N)cc2)NC(=O)N(CC(=O)N2CCN(C(=O)c3ccco3)CC2)C1=O. The highest BCUT2D eigenvalue weighted by molar-refractivity contribution is 6.09. The molecular weight excluding hydrogens is 414 g/mol. The maximum atomic E-state index is 13.0. The van der Waals surface area contributed by atoms with Crippen molar-refractivity contribution in [3.8, 4) is 6.07 Å². The standard InChI is InChI=1S/C22H21N5O5/c1-22(16-6-4-15(13-23)5-7-16)20(30)27(21(31)24-22)14-18(28)25-8-10-26(11-9-25)19(29)17-3-2-12-32-17/h2-7,12H,8-11,14H2,1H3,(H,24,31). The van der Waals surface area contributed by atoms with E-state index < -0.39 is 17.5 Å². The minimum absolute atomic E-state index is 0.241. The van der Waals surface area contributed by atoms with Gasteiger partial charge >= 0.3 is 6.03 Å². The van der Waals surface area contributed by atoms with Gasteiger partial charge < -0.3 is 19.5 Å². The van der Waals surface area contributed by atoms with Crippen molar-refractivity contribution in [2.24, 2.45) is 0 Å². The summed E-state index contributed by atoms with van der Waals surface area (Å²) >= 11 is 0. The Morgan fingerprint density at radius 2 is 1.75 bits per heavy atom. The number of nitrogens with zero attached hydrogens (tertiary/aromatic N) is 4. The summed E-state index contributed by atoms with van der Waals surface area (Å²) in [6.45, 7) is 2.42. The normalized spacial score (nSPS) is 20.8. The average molecular weight is 435 g/mol. The molecule has 0 spiro atoms. The molecule has 2 aliphatic rings. The molecule has 1 aromatic carbocycles. The van der Waals surface area contributed by atoms with Crippen LogP contribution in [-0.2, 0) is 15.1 Å². The number of hydrogen-bond donors (Lipinski definition) is 1. The van der Waals surface area contributed by atoms with E-state index in [1.165, 1.54) is 11.2 Å². The molecule has 2 saturated heterocycles. The fraction of sp³-hybridized carbons (Fsp3) is 0.318. The number of benzene rings is 1. The number of nitrogens with one attached hydrogen (secondary N) is 1. The van der Waals surface area contributed by atoms with E-state index in [9.17, 15) is 19.2 Å². The van der Waals surface area contributed by atoms with Crippen LogP contribution >= 0.6 is 0 Å². The molecule has 1 unspecified atom stereocenters. The highest BCUT2D eigenvalue weighted by atomic mass is 16.3. The first kappa shape index (κ1) is 21.1. The summed E-state index contributed by atoms with van der Waals surface area (Å²) in [5.41, 5.74) is -0.361. The van der Waals surface area contributed by atoms with Gasteiger partial charge in [0.15, 0.2) is 5.76 Å². The third kappa shape index (κ3) is 3.69. The van der Waals surface area contributed by atoms with Crippen LogP contribution in [-0.4, -0.2) is 71.2 Å². The second kappa shape index (κ2) is 8.19. The molecule has 1 aromatic heterocycles. The number of rotatable bonds is 4. The van der Waals surface area contributed by atoms with E-state index in [0.29, 0.717) is 37.3 Å². The van der Waals surface area contributed by atoms with Crippen molar-refractivity contribution in [2.75, 3.05) is 32.7 Å². The van der Waals surface area contributed by atoms with E-state index in [1.54, 1.807) is 48.2 Å². The summed E-state index contributed by atoms with van der Waals surface area (Å²) in [6, 6.07) is 10.9. The van der Waals surface area contributed by atoms with Crippen LogP contribution in [0.25, 0.3) is 0 Å². The molecular formula is C22H21N5O5. The maximum absolute atomic E-state index is 13.0. The number of imide groups is 1. The Bertz CT molecular complexity index is 1100. The molecule has 1 N–H and O–H groups in total. The summed E-state index contributed by atoms with van der Waals surface area (Å²) in [7, 11) is 0. The van der Waals surface area contributed by atoms with Gasteiger partial charge in [-0.3, -0.25) is 19.3 Å². The van der Waals surface area contributed by atoms with Gasteiger partial charge in [-0.1, -0.05) is 12.1 Å². The number of amides is 5. The average Bonchev–Trinajstić information content (AvgIpc) is 3.42. The van der Waals surface area contributed by atoms with Crippen molar-refractivity contribution in [1.82, 2.24) is 20.0 Å². The van der Waals surface area contributed by atoms with Crippen molar-refractivity contribution in [2.45, 2.75) is 12.5 Å². The number of nitriles is 1. The van der Waals surface area contributed by atoms with Crippen LogP contribution in [0.1, 0.15) is 28.6 Å². The molecule has 2 aliphatic heterocycles. The Kier molecular flexibility index (Phi) is 5.40. The first-order valence-electron chi connectivity index (χ1n) is 10.1. The fourth-order valence-corrected chi connectivity index (χ4v) is 3.86. The Labute approximate surface area is 184 Å². The predicted molar refractivity (Wildman–Crippen MR) is 110 cm³/mol. The van der Waals surface area contributed by atoms with Crippen molar-refractivity contribution < 1.29 is 23.6 Å². The first-order chi connectivity index (χ1) is 15.3. The molecule has 2 fully saturated rings. The minimum atomic E-state index is -1.32. The quantitative estimate of drug-likeness (QED) is 0.711. The van der Waals surface area contributed by atoms with E-state index in [2.05, 4.69) is 5.32 Å². The van der Waals surface area contributed by atoms with Gasteiger partial charge in [0.2, 0.25) is 5.91 Å². The monoisotopic (exact) mass is 435 g/mol. The van der Waals surface area contributed by atoms with Crippen molar-refractivity contribution >= 4 is 23.8 Å². The number of furan rings is 1. The largest absolute Gasteiger partial charge is 0.459 e. The second-order valence-electron chi connectivity index (χ2n) is 7.79. The van der Waals surface area contributed by atoms with Gasteiger partial charge in [0, 0.05) is 26.2 Å². The van der Waals surface area contributed by atoms with Gasteiger partial charge in [-0.15, -0.1) is 0 Å². The topological polar surface area (TPSA) is 127 Å². The zero-order chi connectivity index (χ0) is 22.9. The van der Waals surface area contributed by atoms with Gasteiger partial charge in [-0.2, -0.15) is 5.26 Å². The molecule has 0 radical (unpaired) electrons. The molecule has 2 aromatic rings. The molecule has 32 heavy (non-hydrogen) atoms. The number of carbonyl (C=O) groups excluding carboxylic acids is 4. The molecule has 0 aliphatic carbocycles. The lowest BCUT2D eigenvalue weighted by Gasteiger charge is -2.34. The van der Waals surface area contributed by atoms with Crippen LogP contribution in [0.3, 0.4) is 0 Å². The maximum Gasteiger partial charge on any atom is 0.325 e. The van der Waals surface area contributed by atoms with E-state index >= 15 is 0 Å². The lowest BCUT2D eigenvalue weighted by molar-refractivity contribution is -0.139. The summed E-state index contributed by atoms with van der Waals surface area (Å²) in [5.74, 6) is -0.907. The summed E-state index contributed by atoms with van der Waals surface area (Å²) in [4.78, 5) is 54.7. The molecule has 0 bridgehead atoms. The van der Waals surface area contributed by atoms with Crippen molar-refractivity contribution in [1.29, 1.82) is 5.26 Å². The van der Waals surface area contributed by atoms with Gasteiger partial charge in [-0.05, 0) is 36.8 Å². The summed E-state index contributed by atoms with van der Waals surface area (Å²) in [5, 5.41) is 11.6. The molecule has 10 heteroatoms. The van der Waals surface area contributed by atoms with E-state index in [4.69, 9.17) is 9.68 Å². The molecule has 164 valence electrons. The third-order valence-corrected chi connectivity index (χ3v) is 5.81. The molecule has 3 heterocycles. The Hall–Kier alpha value is -4.13. The first-order valence-corrected chi connectivity index (χ1v) is 10.1. The van der Waals surface area contributed by atoms with E-state index in [-0.39, 0.29) is 24.1 Å². The number of piperazine rings is 1. The van der Waals surface area contributed by atoms with Crippen molar-refractivity contribution in [3.63, 3.8) is 0 Å².